The SMILES string of the molecule is CCCn1ncc(Br)c1C(NC)C1CCS(=O)(=O)C1. The van der Waals surface area contributed by atoms with Crippen molar-refractivity contribution in [1.82, 2.24) is 15.1 Å². The van der Waals surface area contributed by atoms with Gasteiger partial charge in [-0.1, -0.05) is 6.92 Å². The number of hydrogen-bond acceptors (Lipinski definition) is 4. The van der Waals surface area contributed by atoms with E-state index >= 15 is 0 Å². The first kappa shape index (κ1) is 15.0. The fourth-order valence-electron chi connectivity index (χ4n) is 2.75. The molecule has 0 saturated carbocycles. The molecule has 2 rings (SSSR count). The van der Waals surface area contributed by atoms with E-state index in [-0.39, 0.29) is 17.7 Å². The topological polar surface area (TPSA) is 64.0 Å². The molecule has 1 aromatic heterocycles. The van der Waals surface area contributed by atoms with Gasteiger partial charge in [0, 0.05) is 6.54 Å². The van der Waals surface area contributed by atoms with E-state index in [4.69, 9.17) is 0 Å². The van der Waals surface area contributed by atoms with Crippen LogP contribution in [0.25, 0.3) is 0 Å². The van der Waals surface area contributed by atoms with Crippen LogP contribution < -0.4 is 5.32 Å². The molecule has 0 aromatic carbocycles. The molecule has 19 heavy (non-hydrogen) atoms. The lowest BCUT2D eigenvalue weighted by Gasteiger charge is -2.23. The zero-order valence-corrected chi connectivity index (χ0v) is 13.7. The first-order valence-corrected chi connectivity index (χ1v) is 9.19. The third kappa shape index (κ3) is 3.20. The Morgan fingerprint density at radius 2 is 2.37 bits per heavy atom. The van der Waals surface area contributed by atoms with Gasteiger partial charge in [0.1, 0.15) is 0 Å². The summed E-state index contributed by atoms with van der Waals surface area (Å²) in [4.78, 5) is 0. The predicted molar refractivity (Wildman–Crippen MR) is 78.8 cm³/mol. The molecule has 108 valence electrons. The highest BCUT2D eigenvalue weighted by Gasteiger charge is 2.36. The second-order valence-electron chi connectivity index (χ2n) is 5.03. The summed E-state index contributed by atoms with van der Waals surface area (Å²) in [7, 11) is -0.984. The van der Waals surface area contributed by atoms with Gasteiger partial charge in [-0.15, -0.1) is 0 Å². The zero-order valence-electron chi connectivity index (χ0n) is 11.3. The van der Waals surface area contributed by atoms with Gasteiger partial charge >= 0.3 is 0 Å². The van der Waals surface area contributed by atoms with E-state index in [1.54, 1.807) is 6.20 Å². The lowest BCUT2D eigenvalue weighted by atomic mass is 9.96. The molecule has 2 unspecified atom stereocenters. The summed E-state index contributed by atoms with van der Waals surface area (Å²) in [5, 5.41) is 7.63. The Morgan fingerprint density at radius 1 is 1.63 bits per heavy atom. The summed E-state index contributed by atoms with van der Waals surface area (Å²) in [5.41, 5.74) is 1.06. The van der Waals surface area contributed by atoms with E-state index in [0.717, 1.165) is 29.6 Å². The molecule has 0 radical (unpaired) electrons. The van der Waals surface area contributed by atoms with Crippen molar-refractivity contribution in [2.75, 3.05) is 18.6 Å². The Balaban J connectivity index is 2.29. The van der Waals surface area contributed by atoms with Crippen molar-refractivity contribution in [3.05, 3.63) is 16.4 Å². The zero-order chi connectivity index (χ0) is 14.0. The number of nitrogens with one attached hydrogen (secondary N) is 1. The minimum atomic E-state index is -2.86. The number of aryl methyl sites for hydroxylation is 1. The van der Waals surface area contributed by atoms with Gasteiger partial charge in [-0.2, -0.15) is 5.10 Å². The molecule has 0 spiro atoms. The maximum absolute atomic E-state index is 11.7. The second kappa shape index (κ2) is 5.93. The maximum atomic E-state index is 11.7. The molecule has 1 aliphatic heterocycles. The number of rotatable bonds is 5. The number of hydrogen-bond donors (Lipinski definition) is 1. The van der Waals surface area contributed by atoms with E-state index in [9.17, 15) is 8.42 Å². The molecule has 0 aliphatic carbocycles. The average Bonchev–Trinajstić information content (AvgIpc) is 2.87. The van der Waals surface area contributed by atoms with Crippen molar-refractivity contribution in [2.45, 2.75) is 32.4 Å². The van der Waals surface area contributed by atoms with Crippen molar-refractivity contribution in [3.63, 3.8) is 0 Å². The van der Waals surface area contributed by atoms with Gasteiger partial charge in [-0.25, -0.2) is 8.42 Å². The summed E-state index contributed by atoms with van der Waals surface area (Å²) < 4.78 is 26.2. The van der Waals surface area contributed by atoms with Gasteiger partial charge in [-0.3, -0.25) is 4.68 Å². The fraction of sp³-hybridized carbons (Fsp3) is 0.750. The van der Waals surface area contributed by atoms with Gasteiger partial charge < -0.3 is 5.32 Å². The maximum Gasteiger partial charge on any atom is 0.150 e. The van der Waals surface area contributed by atoms with Crippen LogP contribution in [0.5, 0.6) is 0 Å². The monoisotopic (exact) mass is 349 g/mol. The van der Waals surface area contributed by atoms with Crippen LogP contribution in [0.1, 0.15) is 31.5 Å². The van der Waals surface area contributed by atoms with Crippen molar-refractivity contribution < 1.29 is 8.42 Å². The molecular weight excluding hydrogens is 330 g/mol. The van der Waals surface area contributed by atoms with Crippen LogP contribution in [0.15, 0.2) is 10.7 Å². The van der Waals surface area contributed by atoms with Crippen LogP contribution in [-0.2, 0) is 16.4 Å². The molecule has 7 heteroatoms. The Bertz CT molecular complexity index is 541. The average molecular weight is 350 g/mol. The van der Waals surface area contributed by atoms with Crippen LogP contribution in [0, 0.1) is 5.92 Å². The summed E-state index contributed by atoms with van der Waals surface area (Å²) >= 11 is 3.53. The highest BCUT2D eigenvalue weighted by atomic mass is 79.9. The largest absolute Gasteiger partial charge is 0.311 e. The van der Waals surface area contributed by atoms with E-state index in [2.05, 4.69) is 33.3 Å². The molecule has 2 atom stereocenters. The predicted octanol–water partition coefficient (Wildman–Crippen LogP) is 1.75. The molecule has 1 aliphatic rings. The Labute approximate surface area is 122 Å². The summed E-state index contributed by atoms with van der Waals surface area (Å²) in [6.45, 7) is 2.95. The van der Waals surface area contributed by atoms with Gasteiger partial charge in [-0.05, 0) is 41.7 Å². The molecule has 1 fully saturated rings. The summed E-state index contributed by atoms with van der Waals surface area (Å²) in [6, 6.07) is 0.0284. The van der Waals surface area contributed by atoms with Crippen molar-refractivity contribution in [2.24, 2.45) is 5.92 Å². The van der Waals surface area contributed by atoms with Crippen LogP contribution in [-0.4, -0.2) is 36.8 Å². The minimum absolute atomic E-state index is 0.0284. The van der Waals surface area contributed by atoms with E-state index in [1.807, 2.05) is 11.7 Å². The molecule has 0 amide bonds. The standard InChI is InChI=1S/C12H20BrN3O2S/c1-3-5-16-12(10(13)7-15-16)11(14-2)9-4-6-19(17,18)8-9/h7,9,11,14H,3-6,8H2,1-2H3. The van der Waals surface area contributed by atoms with Crippen LogP contribution in [0.2, 0.25) is 0 Å². The van der Waals surface area contributed by atoms with Crippen LogP contribution >= 0.6 is 15.9 Å². The van der Waals surface area contributed by atoms with Crippen molar-refractivity contribution >= 4 is 25.8 Å². The first-order valence-electron chi connectivity index (χ1n) is 6.57. The molecular formula is C12H20BrN3O2S. The Kier molecular flexibility index (Phi) is 4.68. The van der Waals surface area contributed by atoms with Crippen molar-refractivity contribution in [3.8, 4) is 0 Å². The second-order valence-corrected chi connectivity index (χ2v) is 8.11. The smallest absolute Gasteiger partial charge is 0.150 e. The minimum Gasteiger partial charge on any atom is -0.311 e. The van der Waals surface area contributed by atoms with Gasteiger partial charge in [0.15, 0.2) is 9.84 Å². The lowest BCUT2D eigenvalue weighted by molar-refractivity contribution is 0.385. The number of sulfone groups is 1. The Hall–Kier alpha value is -0.400. The molecule has 1 aromatic rings. The fourth-order valence-corrected chi connectivity index (χ4v) is 5.14. The number of aromatic nitrogens is 2. The third-order valence-electron chi connectivity index (χ3n) is 3.61. The van der Waals surface area contributed by atoms with Gasteiger partial charge in [0.2, 0.25) is 0 Å². The van der Waals surface area contributed by atoms with E-state index in [1.165, 1.54) is 0 Å². The molecule has 0 bridgehead atoms. The van der Waals surface area contributed by atoms with Crippen LogP contribution in [0.3, 0.4) is 0 Å². The quantitative estimate of drug-likeness (QED) is 0.879. The van der Waals surface area contributed by atoms with Gasteiger partial charge in [0.25, 0.3) is 0 Å². The van der Waals surface area contributed by atoms with Crippen LogP contribution in [0.4, 0.5) is 0 Å². The van der Waals surface area contributed by atoms with E-state index < -0.39 is 9.84 Å². The molecule has 1 N–H and O–H groups in total. The highest BCUT2D eigenvalue weighted by Crippen LogP contribution is 2.34. The molecule has 5 nitrogen and oxygen atoms in total. The Morgan fingerprint density at radius 3 is 2.89 bits per heavy atom. The number of nitrogens with zero attached hydrogens (tertiary/aromatic N) is 2. The molecule has 1 saturated heterocycles. The summed E-state index contributed by atoms with van der Waals surface area (Å²) in [6.07, 6.45) is 3.51. The first-order chi connectivity index (χ1) is 8.98. The van der Waals surface area contributed by atoms with E-state index in [0.29, 0.717) is 5.75 Å². The normalized spacial score (nSPS) is 23.6. The van der Waals surface area contributed by atoms with Gasteiger partial charge in [0.05, 0.1) is 33.9 Å². The highest BCUT2D eigenvalue weighted by molar-refractivity contribution is 9.10. The van der Waals surface area contributed by atoms with Crippen molar-refractivity contribution in [1.29, 1.82) is 0 Å². The lowest BCUT2D eigenvalue weighted by Crippen LogP contribution is -2.29. The number of halogens is 1. The third-order valence-corrected chi connectivity index (χ3v) is 6.02. The molecule has 2 heterocycles. The summed E-state index contributed by atoms with van der Waals surface area (Å²) in [5.74, 6) is 0.691.